The summed E-state index contributed by atoms with van der Waals surface area (Å²) in [6.07, 6.45) is 6.89. The van der Waals surface area contributed by atoms with Crippen LogP contribution in [0.1, 0.15) is 39.2 Å². The van der Waals surface area contributed by atoms with Gasteiger partial charge in [0.25, 0.3) is 0 Å². The van der Waals surface area contributed by atoms with Crippen molar-refractivity contribution in [1.29, 1.82) is 0 Å². The zero-order valence-electron chi connectivity index (χ0n) is 21.2. The Kier molecular flexibility index (Phi) is 5.75. The van der Waals surface area contributed by atoms with Crippen LogP contribution in [0.25, 0.3) is 38.9 Å². The third-order valence-electron chi connectivity index (χ3n) is 7.98. The second kappa shape index (κ2) is 8.99. The first kappa shape index (κ1) is 23.7. The number of halogens is 2. The van der Waals surface area contributed by atoms with Crippen molar-refractivity contribution >= 4 is 21.8 Å². The quantitative estimate of drug-likeness (QED) is 0.337. The minimum Gasteiger partial charge on any atom is -0.350 e. The Morgan fingerprint density at radius 2 is 1.70 bits per heavy atom. The molecule has 0 saturated heterocycles. The van der Waals surface area contributed by atoms with Crippen molar-refractivity contribution < 1.29 is 8.78 Å². The normalized spacial score (nSPS) is 18.1. The summed E-state index contributed by atoms with van der Waals surface area (Å²) < 4.78 is 34.2. The molecule has 3 aromatic heterocycles. The number of aromatic amines is 1. The predicted octanol–water partition coefficient (Wildman–Crippen LogP) is 5.39. The van der Waals surface area contributed by atoms with Crippen LogP contribution < -0.4 is 5.69 Å². The molecule has 0 spiro atoms. The Balaban J connectivity index is 1.52. The van der Waals surface area contributed by atoms with Gasteiger partial charge in [-0.2, -0.15) is 5.10 Å². The van der Waals surface area contributed by atoms with Gasteiger partial charge in [0.1, 0.15) is 11.6 Å². The van der Waals surface area contributed by atoms with E-state index in [0.29, 0.717) is 33.9 Å². The molecule has 192 valence electrons. The summed E-state index contributed by atoms with van der Waals surface area (Å²) in [6.45, 7) is 6.40. The molecule has 1 aliphatic rings. The first-order chi connectivity index (χ1) is 17.9. The SMILES string of the molecule is CCN(CC)C1CCC(n2cc(-n3c(-c4cn(C)c5ccc(F)cc45)n[nH]c3=O)c3cc(F)ccc32)C1. The largest absolute Gasteiger partial charge is 0.350 e. The summed E-state index contributed by atoms with van der Waals surface area (Å²) in [5.41, 5.74) is 2.45. The van der Waals surface area contributed by atoms with Gasteiger partial charge in [-0.25, -0.2) is 23.2 Å². The molecule has 3 heterocycles. The summed E-state index contributed by atoms with van der Waals surface area (Å²) >= 11 is 0. The Morgan fingerprint density at radius 3 is 2.43 bits per heavy atom. The van der Waals surface area contributed by atoms with Crippen LogP contribution in [-0.4, -0.2) is 47.9 Å². The molecule has 9 heteroatoms. The van der Waals surface area contributed by atoms with Gasteiger partial charge in [0.2, 0.25) is 0 Å². The minimum absolute atomic E-state index is 0.241. The molecule has 0 aliphatic heterocycles. The van der Waals surface area contributed by atoms with Crippen LogP contribution in [0.4, 0.5) is 8.78 Å². The second-order valence-electron chi connectivity index (χ2n) is 9.93. The molecule has 1 saturated carbocycles. The lowest BCUT2D eigenvalue weighted by Crippen LogP contribution is -2.33. The zero-order chi connectivity index (χ0) is 25.8. The molecule has 37 heavy (non-hydrogen) atoms. The molecule has 0 radical (unpaired) electrons. The number of hydrogen-bond donors (Lipinski definition) is 1. The van der Waals surface area contributed by atoms with Crippen LogP contribution in [0.3, 0.4) is 0 Å². The molecular formula is C28H30F2N6O. The van der Waals surface area contributed by atoms with E-state index in [1.807, 2.05) is 24.0 Å². The van der Waals surface area contributed by atoms with Crippen LogP contribution in [0, 0.1) is 11.6 Å². The van der Waals surface area contributed by atoms with Gasteiger partial charge in [-0.1, -0.05) is 13.8 Å². The summed E-state index contributed by atoms with van der Waals surface area (Å²) in [7, 11) is 1.87. The van der Waals surface area contributed by atoms with Gasteiger partial charge in [0.05, 0.1) is 11.2 Å². The minimum atomic E-state index is -0.431. The highest BCUT2D eigenvalue weighted by molar-refractivity contribution is 5.96. The smallest absolute Gasteiger partial charge is 0.348 e. The van der Waals surface area contributed by atoms with Gasteiger partial charge >= 0.3 is 5.69 Å². The Labute approximate surface area is 212 Å². The van der Waals surface area contributed by atoms with Gasteiger partial charge in [0, 0.05) is 53.4 Å². The zero-order valence-corrected chi connectivity index (χ0v) is 21.2. The number of H-pyrrole nitrogens is 1. The van der Waals surface area contributed by atoms with Crippen molar-refractivity contribution in [2.45, 2.75) is 45.2 Å². The van der Waals surface area contributed by atoms with Gasteiger partial charge < -0.3 is 14.0 Å². The van der Waals surface area contributed by atoms with Gasteiger partial charge in [-0.3, -0.25) is 0 Å². The van der Waals surface area contributed by atoms with Gasteiger partial charge in [-0.05, 0) is 68.8 Å². The molecule has 0 bridgehead atoms. The number of rotatable bonds is 6. The number of nitrogens with one attached hydrogen (secondary N) is 1. The van der Waals surface area contributed by atoms with Crippen LogP contribution >= 0.6 is 0 Å². The molecule has 2 unspecified atom stereocenters. The molecule has 1 aliphatic carbocycles. The summed E-state index contributed by atoms with van der Waals surface area (Å²) in [6, 6.07) is 10.0. The van der Waals surface area contributed by atoms with Crippen molar-refractivity contribution in [3.05, 3.63) is 70.9 Å². The highest BCUT2D eigenvalue weighted by atomic mass is 19.1. The fourth-order valence-corrected chi connectivity index (χ4v) is 6.19. The standard InChI is InChI=1S/C28H30F2N6O/c1-4-34(5-2)19-8-9-20(14-19)35-16-26(22-13-18(30)7-11-25(22)35)36-27(31-32-28(36)37)23-15-33(3)24-10-6-17(29)12-21(23)24/h6-7,10-13,15-16,19-20H,4-5,8-9,14H2,1-3H3,(H,32,37). The fraction of sp³-hybridized carbons (Fsp3) is 0.357. The summed E-state index contributed by atoms with van der Waals surface area (Å²) in [4.78, 5) is 15.6. The number of aromatic nitrogens is 5. The molecule has 2 aromatic carbocycles. The molecule has 0 amide bonds. The lowest BCUT2D eigenvalue weighted by atomic mass is 10.1. The first-order valence-corrected chi connectivity index (χ1v) is 12.9. The van der Waals surface area contributed by atoms with Gasteiger partial charge in [-0.15, -0.1) is 0 Å². The monoisotopic (exact) mass is 504 g/mol. The van der Waals surface area contributed by atoms with Crippen molar-refractivity contribution in [2.24, 2.45) is 7.05 Å². The molecule has 1 fully saturated rings. The molecule has 5 aromatic rings. The first-order valence-electron chi connectivity index (χ1n) is 12.9. The topological polar surface area (TPSA) is 63.8 Å². The Bertz CT molecular complexity index is 1670. The van der Waals surface area contributed by atoms with E-state index in [-0.39, 0.29) is 17.7 Å². The number of aryl methyl sites for hydroxylation is 1. The third kappa shape index (κ3) is 3.80. The molecule has 1 N–H and O–H groups in total. The van der Waals surface area contributed by atoms with E-state index < -0.39 is 5.69 Å². The fourth-order valence-electron chi connectivity index (χ4n) is 6.19. The van der Waals surface area contributed by atoms with Crippen LogP contribution in [0.2, 0.25) is 0 Å². The maximum atomic E-state index is 14.5. The van der Waals surface area contributed by atoms with E-state index in [1.54, 1.807) is 12.1 Å². The lowest BCUT2D eigenvalue weighted by molar-refractivity contribution is 0.216. The Morgan fingerprint density at radius 1 is 1.00 bits per heavy atom. The maximum absolute atomic E-state index is 14.5. The molecular weight excluding hydrogens is 474 g/mol. The Hall–Kier alpha value is -3.72. The van der Waals surface area contributed by atoms with Crippen molar-refractivity contribution in [2.75, 3.05) is 13.1 Å². The summed E-state index contributed by atoms with van der Waals surface area (Å²) in [5, 5.41) is 8.18. The highest BCUT2D eigenvalue weighted by Gasteiger charge is 2.31. The van der Waals surface area contributed by atoms with Crippen LogP contribution in [0.15, 0.2) is 53.6 Å². The number of nitrogens with zero attached hydrogens (tertiary/aromatic N) is 5. The van der Waals surface area contributed by atoms with E-state index in [0.717, 1.165) is 43.4 Å². The van der Waals surface area contributed by atoms with E-state index in [4.69, 9.17) is 0 Å². The third-order valence-corrected chi connectivity index (χ3v) is 7.98. The average Bonchev–Trinajstić information content (AvgIpc) is 3.65. The molecule has 6 rings (SSSR count). The second-order valence-corrected chi connectivity index (χ2v) is 9.93. The van der Waals surface area contributed by atoms with E-state index in [9.17, 15) is 13.6 Å². The van der Waals surface area contributed by atoms with Crippen molar-refractivity contribution in [1.82, 2.24) is 28.8 Å². The average molecular weight is 505 g/mol. The van der Waals surface area contributed by atoms with Crippen molar-refractivity contribution in [3.63, 3.8) is 0 Å². The molecule has 2 atom stereocenters. The van der Waals surface area contributed by atoms with Gasteiger partial charge in [0.15, 0.2) is 5.82 Å². The van der Waals surface area contributed by atoms with Crippen molar-refractivity contribution in [3.8, 4) is 17.1 Å². The number of benzene rings is 2. The predicted molar refractivity (Wildman–Crippen MR) is 141 cm³/mol. The maximum Gasteiger partial charge on any atom is 0.348 e. The van der Waals surface area contributed by atoms with E-state index in [2.05, 4.69) is 33.5 Å². The summed E-state index contributed by atoms with van der Waals surface area (Å²) in [5.74, 6) is -0.381. The number of fused-ring (bicyclic) bond motifs is 2. The lowest BCUT2D eigenvalue weighted by Gasteiger charge is -2.26. The van der Waals surface area contributed by atoms with Crippen LogP contribution in [-0.2, 0) is 7.05 Å². The van der Waals surface area contributed by atoms with E-state index in [1.165, 1.54) is 28.8 Å². The molecule has 7 nitrogen and oxygen atoms in total. The number of hydrogen-bond acceptors (Lipinski definition) is 3. The highest BCUT2D eigenvalue weighted by Crippen LogP contribution is 2.39. The van der Waals surface area contributed by atoms with E-state index >= 15 is 0 Å². The van der Waals surface area contributed by atoms with Crippen LogP contribution in [0.5, 0.6) is 0 Å².